The number of nitrogens with one attached hydrogen (secondary N) is 1. The second-order valence-electron chi connectivity index (χ2n) is 9.41. The smallest absolute Gasteiger partial charge is 0.251 e. The number of carbonyl (C=O) groups excluding carboxylic acids is 2. The first-order chi connectivity index (χ1) is 18.5. The van der Waals surface area contributed by atoms with Gasteiger partial charge in [0.05, 0.1) is 14.2 Å². The van der Waals surface area contributed by atoms with E-state index in [0.717, 1.165) is 37.7 Å². The Balaban J connectivity index is 1.58. The number of methoxy groups -OCH3 is 2. The second-order valence-corrected chi connectivity index (χ2v) is 9.41. The number of benzene rings is 2. The van der Waals surface area contributed by atoms with Crippen molar-refractivity contribution in [3.8, 4) is 22.9 Å². The Morgan fingerprint density at radius 2 is 1.76 bits per heavy atom. The van der Waals surface area contributed by atoms with E-state index in [1.165, 1.54) is 4.80 Å². The molecule has 0 saturated heterocycles. The molecule has 1 fully saturated rings. The molecule has 38 heavy (non-hydrogen) atoms. The van der Waals surface area contributed by atoms with Crippen molar-refractivity contribution >= 4 is 17.5 Å². The van der Waals surface area contributed by atoms with E-state index in [1.54, 1.807) is 37.3 Å². The van der Waals surface area contributed by atoms with Gasteiger partial charge in [0.15, 0.2) is 11.5 Å². The van der Waals surface area contributed by atoms with Crippen LogP contribution in [0.1, 0.15) is 51.5 Å². The van der Waals surface area contributed by atoms with E-state index in [-0.39, 0.29) is 24.4 Å². The van der Waals surface area contributed by atoms with Crippen molar-refractivity contribution in [2.24, 2.45) is 0 Å². The van der Waals surface area contributed by atoms with Gasteiger partial charge in [0.2, 0.25) is 11.7 Å². The number of aromatic nitrogens is 4. The number of nitrogens with zero attached hydrogens (tertiary/aromatic N) is 5. The molecule has 1 aliphatic rings. The maximum absolute atomic E-state index is 13.7. The minimum absolute atomic E-state index is 0.134. The van der Waals surface area contributed by atoms with Crippen molar-refractivity contribution < 1.29 is 19.1 Å². The SMILES string of the molecule is CCc1ccc(N(C(=O)Cn2nnc(-c3ccc(OC)c(OC)c3)n2)C(CC)C(=O)NC2CCCC2)cc1. The summed E-state index contributed by atoms with van der Waals surface area (Å²) in [5.74, 6) is 1.05. The number of amides is 2. The fourth-order valence-electron chi connectivity index (χ4n) is 4.84. The molecule has 4 rings (SSSR count). The molecule has 1 atom stereocenters. The summed E-state index contributed by atoms with van der Waals surface area (Å²) in [6, 6.07) is 12.6. The van der Waals surface area contributed by atoms with Gasteiger partial charge in [0.25, 0.3) is 5.91 Å². The van der Waals surface area contributed by atoms with E-state index in [1.807, 2.05) is 31.2 Å². The number of hydrogen-bond acceptors (Lipinski definition) is 7. The summed E-state index contributed by atoms with van der Waals surface area (Å²) in [6.45, 7) is 3.83. The first-order valence-electron chi connectivity index (χ1n) is 13.2. The van der Waals surface area contributed by atoms with Gasteiger partial charge in [-0.25, -0.2) is 0 Å². The van der Waals surface area contributed by atoms with Crippen LogP contribution < -0.4 is 19.7 Å². The van der Waals surface area contributed by atoms with Crippen LogP contribution in [-0.4, -0.2) is 58.3 Å². The molecular formula is C28H36N6O4. The van der Waals surface area contributed by atoms with E-state index in [9.17, 15) is 9.59 Å². The Labute approximate surface area is 223 Å². The van der Waals surface area contributed by atoms with Gasteiger partial charge in [-0.3, -0.25) is 14.5 Å². The van der Waals surface area contributed by atoms with Gasteiger partial charge < -0.3 is 14.8 Å². The molecule has 2 amide bonds. The summed E-state index contributed by atoms with van der Waals surface area (Å²) < 4.78 is 10.7. The van der Waals surface area contributed by atoms with Gasteiger partial charge in [0, 0.05) is 17.3 Å². The molecule has 10 heteroatoms. The van der Waals surface area contributed by atoms with E-state index < -0.39 is 6.04 Å². The van der Waals surface area contributed by atoms with E-state index >= 15 is 0 Å². The van der Waals surface area contributed by atoms with E-state index in [0.29, 0.717) is 35.0 Å². The van der Waals surface area contributed by atoms with Gasteiger partial charge >= 0.3 is 0 Å². The third-order valence-corrected chi connectivity index (χ3v) is 6.97. The molecule has 10 nitrogen and oxygen atoms in total. The Morgan fingerprint density at radius 3 is 2.39 bits per heavy atom. The van der Waals surface area contributed by atoms with Gasteiger partial charge in [-0.2, -0.15) is 4.80 Å². The molecule has 0 aliphatic heterocycles. The molecule has 3 aromatic rings. The lowest BCUT2D eigenvalue weighted by Gasteiger charge is -2.31. The first kappa shape index (κ1) is 27.1. The Kier molecular flexibility index (Phi) is 8.93. The van der Waals surface area contributed by atoms with Crippen LogP contribution >= 0.6 is 0 Å². The molecule has 0 radical (unpaired) electrons. The lowest BCUT2D eigenvalue weighted by atomic mass is 10.1. The molecule has 202 valence electrons. The van der Waals surface area contributed by atoms with Crippen LogP contribution in [-0.2, 0) is 22.6 Å². The van der Waals surface area contributed by atoms with Crippen LogP contribution in [0.2, 0.25) is 0 Å². The highest BCUT2D eigenvalue weighted by Gasteiger charge is 2.32. The van der Waals surface area contributed by atoms with Gasteiger partial charge in [-0.15, -0.1) is 10.2 Å². The zero-order chi connectivity index (χ0) is 27.1. The second kappa shape index (κ2) is 12.5. The molecule has 0 bridgehead atoms. The largest absolute Gasteiger partial charge is 0.493 e. The van der Waals surface area contributed by atoms with Crippen LogP contribution in [0.3, 0.4) is 0 Å². The van der Waals surface area contributed by atoms with Gasteiger partial charge in [0.1, 0.15) is 12.6 Å². The van der Waals surface area contributed by atoms with Crippen molar-refractivity contribution in [1.82, 2.24) is 25.5 Å². The summed E-state index contributed by atoms with van der Waals surface area (Å²) in [7, 11) is 3.12. The van der Waals surface area contributed by atoms with Crippen molar-refractivity contribution in [3.05, 3.63) is 48.0 Å². The van der Waals surface area contributed by atoms with Crippen LogP contribution in [0.25, 0.3) is 11.4 Å². The predicted molar refractivity (Wildman–Crippen MR) is 144 cm³/mol. The zero-order valence-electron chi connectivity index (χ0n) is 22.5. The van der Waals surface area contributed by atoms with Crippen molar-refractivity contribution in [2.45, 2.75) is 71.0 Å². The number of ether oxygens (including phenoxy) is 2. The summed E-state index contributed by atoms with van der Waals surface area (Å²) in [4.78, 5) is 29.9. The monoisotopic (exact) mass is 520 g/mol. The topological polar surface area (TPSA) is 111 Å². The van der Waals surface area contributed by atoms with Crippen molar-refractivity contribution in [1.29, 1.82) is 0 Å². The first-order valence-corrected chi connectivity index (χ1v) is 13.2. The molecule has 2 aromatic carbocycles. The highest BCUT2D eigenvalue weighted by Crippen LogP contribution is 2.31. The minimum Gasteiger partial charge on any atom is -0.493 e. The quantitative estimate of drug-likeness (QED) is 0.409. The van der Waals surface area contributed by atoms with Crippen LogP contribution in [0.4, 0.5) is 5.69 Å². The number of rotatable bonds is 11. The van der Waals surface area contributed by atoms with Gasteiger partial charge in [-0.1, -0.05) is 38.8 Å². The van der Waals surface area contributed by atoms with Crippen LogP contribution in [0.5, 0.6) is 11.5 Å². The third kappa shape index (κ3) is 6.12. The normalized spacial score (nSPS) is 14.2. The Hall–Kier alpha value is -3.95. The molecule has 1 unspecified atom stereocenters. The van der Waals surface area contributed by atoms with Gasteiger partial charge in [-0.05, 0) is 66.8 Å². The summed E-state index contributed by atoms with van der Waals surface area (Å²) >= 11 is 0. The number of aryl methyl sites for hydroxylation is 1. The predicted octanol–water partition coefficient (Wildman–Crippen LogP) is 3.79. The van der Waals surface area contributed by atoms with Crippen molar-refractivity contribution in [3.63, 3.8) is 0 Å². The third-order valence-electron chi connectivity index (χ3n) is 6.97. The number of anilines is 1. The van der Waals surface area contributed by atoms with Crippen molar-refractivity contribution in [2.75, 3.05) is 19.1 Å². The maximum Gasteiger partial charge on any atom is 0.251 e. The Bertz CT molecular complexity index is 1240. The fraction of sp³-hybridized carbons (Fsp3) is 0.464. The summed E-state index contributed by atoms with van der Waals surface area (Å²) in [5, 5.41) is 15.8. The number of carbonyl (C=O) groups is 2. The molecule has 1 aromatic heterocycles. The van der Waals surface area contributed by atoms with Crippen LogP contribution in [0.15, 0.2) is 42.5 Å². The fourth-order valence-corrected chi connectivity index (χ4v) is 4.84. The lowest BCUT2D eigenvalue weighted by Crippen LogP contribution is -2.52. The number of tetrazole rings is 1. The summed E-state index contributed by atoms with van der Waals surface area (Å²) in [5.41, 5.74) is 2.50. The molecule has 1 saturated carbocycles. The average Bonchev–Trinajstić information content (AvgIpc) is 3.63. The molecule has 1 heterocycles. The number of hydrogen-bond donors (Lipinski definition) is 1. The standard InChI is InChI=1S/C28H36N6O4/c1-5-19-11-14-22(15-12-19)34(23(6-2)28(36)29-21-9-7-8-10-21)26(35)18-33-31-27(30-32-33)20-13-16-24(37-3)25(17-20)38-4/h11-17,21,23H,5-10,18H2,1-4H3,(H,29,36). The van der Waals surface area contributed by atoms with E-state index in [4.69, 9.17) is 9.47 Å². The molecule has 1 N–H and O–H groups in total. The van der Waals surface area contributed by atoms with Crippen LogP contribution in [0, 0.1) is 0 Å². The molecular weight excluding hydrogens is 484 g/mol. The average molecular weight is 521 g/mol. The zero-order valence-corrected chi connectivity index (χ0v) is 22.5. The Morgan fingerprint density at radius 1 is 1.05 bits per heavy atom. The highest BCUT2D eigenvalue weighted by atomic mass is 16.5. The highest BCUT2D eigenvalue weighted by molar-refractivity contribution is 6.00. The molecule has 0 spiro atoms. The van der Waals surface area contributed by atoms with E-state index in [2.05, 4.69) is 27.7 Å². The minimum atomic E-state index is -0.649. The lowest BCUT2D eigenvalue weighted by molar-refractivity contribution is -0.127. The maximum atomic E-state index is 13.7. The summed E-state index contributed by atoms with van der Waals surface area (Å²) in [6.07, 6.45) is 5.54. The molecule has 1 aliphatic carbocycles.